The first-order valence-corrected chi connectivity index (χ1v) is 5.89. The maximum absolute atomic E-state index is 11.7. The van der Waals surface area contributed by atoms with Crippen LogP contribution in [0.2, 0.25) is 0 Å². The summed E-state index contributed by atoms with van der Waals surface area (Å²) in [6.07, 6.45) is 0. The monoisotopic (exact) mass is 279 g/mol. The zero-order valence-electron chi connectivity index (χ0n) is 11.4. The Labute approximate surface area is 116 Å². The van der Waals surface area contributed by atoms with E-state index < -0.39 is 24.4 Å². The Morgan fingerprint density at radius 2 is 2.00 bits per heavy atom. The predicted octanol–water partition coefficient (Wildman–Crippen LogP) is -0.489. The number of nitrogens with two attached hydrogens (primary N) is 1. The summed E-state index contributed by atoms with van der Waals surface area (Å²) in [7, 11) is 3.70. The normalized spacial score (nSPS) is 9.70. The largest absolute Gasteiger partial charge is 0.452 e. The van der Waals surface area contributed by atoms with Gasteiger partial charge in [0.25, 0.3) is 5.91 Å². The molecular formula is C13H17N3O4. The van der Waals surface area contributed by atoms with Gasteiger partial charge in [-0.2, -0.15) is 0 Å². The average molecular weight is 279 g/mol. The highest BCUT2D eigenvalue weighted by Crippen LogP contribution is 2.14. The van der Waals surface area contributed by atoms with Crippen LogP contribution >= 0.6 is 0 Å². The fraction of sp³-hybridized carbons (Fsp3) is 0.308. The quantitative estimate of drug-likeness (QED) is 0.684. The second kappa shape index (κ2) is 7.13. The summed E-state index contributed by atoms with van der Waals surface area (Å²) >= 11 is 0. The number of amides is 2. The molecule has 0 saturated heterocycles. The molecule has 20 heavy (non-hydrogen) atoms. The molecule has 108 valence electrons. The minimum Gasteiger partial charge on any atom is -0.452 e. The van der Waals surface area contributed by atoms with Gasteiger partial charge in [0.05, 0.1) is 12.1 Å². The molecule has 0 aliphatic rings. The van der Waals surface area contributed by atoms with Crippen LogP contribution in [0, 0.1) is 0 Å². The van der Waals surface area contributed by atoms with E-state index in [1.165, 1.54) is 0 Å². The number of esters is 1. The van der Waals surface area contributed by atoms with Gasteiger partial charge in [0, 0.05) is 19.8 Å². The van der Waals surface area contributed by atoms with E-state index in [1.54, 1.807) is 18.2 Å². The fourth-order valence-electron chi connectivity index (χ4n) is 1.36. The second-order valence-electron chi connectivity index (χ2n) is 4.26. The molecule has 0 bridgehead atoms. The SMILES string of the molecule is CN(C)c1cccc(C(=O)OCC(=O)NCC(N)=O)c1. The number of primary amides is 1. The standard InChI is InChI=1S/C13H17N3O4/c1-16(2)10-5-3-4-9(6-10)13(19)20-8-12(18)15-7-11(14)17/h3-6H,7-8H2,1-2H3,(H2,14,17)(H,15,18). The Hall–Kier alpha value is -2.57. The van der Waals surface area contributed by atoms with Crippen molar-refractivity contribution in [2.45, 2.75) is 0 Å². The molecule has 0 unspecified atom stereocenters. The first-order chi connectivity index (χ1) is 9.40. The molecule has 1 aromatic rings. The number of nitrogens with zero attached hydrogens (tertiary/aromatic N) is 1. The Balaban J connectivity index is 2.52. The lowest BCUT2D eigenvalue weighted by Gasteiger charge is -2.13. The Bertz CT molecular complexity index is 514. The van der Waals surface area contributed by atoms with Crippen LogP contribution in [-0.4, -0.2) is 45.0 Å². The van der Waals surface area contributed by atoms with Gasteiger partial charge >= 0.3 is 5.97 Å². The van der Waals surface area contributed by atoms with Crippen molar-refractivity contribution in [3.8, 4) is 0 Å². The van der Waals surface area contributed by atoms with Crippen LogP contribution in [0.1, 0.15) is 10.4 Å². The molecule has 0 aliphatic heterocycles. The average Bonchev–Trinajstić information content (AvgIpc) is 2.42. The highest BCUT2D eigenvalue weighted by molar-refractivity contribution is 5.92. The van der Waals surface area contributed by atoms with Gasteiger partial charge in [0.2, 0.25) is 5.91 Å². The third-order valence-corrected chi connectivity index (χ3v) is 2.39. The molecule has 2 amide bonds. The number of carbonyl (C=O) groups is 3. The van der Waals surface area contributed by atoms with Crippen molar-refractivity contribution < 1.29 is 19.1 Å². The summed E-state index contributed by atoms with van der Waals surface area (Å²) in [5.74, 6) is -1.85. The van der Waals surface area contributed by atoms with Gasteiger partial charge < -0.3 is 20.7 Å². The number of hydrogen-bond donors (Lipinski definition) is 2. The van der Waals surface area contributed by atoms with E-state index >= 15 is 0 Å². The molecule has 7 heteroatoms. The van der Waals surface area contributed by atoms with Crippen molar-refractivity contribution in [2.24, 2.45) is 5.73 Å². The van der Waals surface area contributed by atoms with Gasteiger partial charge in [-0.15, -0.1) is 0 Å². The number of ether oxygens (including phenoxy) is 1. The van der Waals surface area contributed by atoms with E-state index in [1.807, 2.05) is 25.1 Å². The van der Waals surface area contributed by atoms with Crippen LogP contribution < -0.4 is 16.0 Å². The van der Waals surface area contributed by atoms with Crippen molar-refractivity contribution in [3.05, 3.63) is 29.8 Å². The Morgan fingerprint density at radius 3 is 2.60 bits per heavy atom. The van der Waals surface area contributed by atoms with E-state index in [0.29, 0.717) is 5.56 Å². The summed E-state index contributed by atoms with van der Waals surface area (Å²) in [4.78, 5) is 35.3. The minimum atomic E-state index is -0.664. The van der Waals surface area contributed by atoms with Crippen LogP contribution in [0.3, 0.4) is 0 Å². The molecule has 0 radical (unpaired) electrons. The lowest BCUT2D eigenvalue weighted by atomic mass is 10.2. The first-order valence-electron chi connectivity index (χ1n) is 5.89. The topological polar surface area (TPSA) is 102 Å². The van der Waals surface area contributed by atoms with Gasteiger partial charge in [0.15, 0.2) is 6.61 Å². The molecule has 1 aromatic carbocycles. The number of hydrogen-bond acceptors (Lipinski definition) is 5. The van der Waals surface area contributed by atoms with E-state index in [9.17, 15) is 14.4 Å². The molecule has 0 aliphatic carbocycles. The molecule has 3 N–H and O–H groups in total. The van der Waals surface area contributed by atoms with E-state index in [4.69, 9.17) is 10.5 Å². The maximum atomic E-state index is 11.7. The van der Waals surface area contributed by atoms with Crippen LogP contribution in [0.5, 0.6) is 0 Å². The smallest absolute Gasteiger partial charge is 0.338 e. The highest BCUT2D eigenvalue weighted by Gasteiger charge is 2.11. The van der Waals surface area contributed by atoms with Gasteiger partial charge in [-0.05, 0) is 18.2 Å². The molecule has 0 aromatic heterocycles. The van der Waals surface area contributed by atoms with Gasteiger partial charge in [-0.1, -0.05) is 6.07 Å². The lowest BCUT2D eigenvalue weighted by molar-refractivity contribution is -0.127. The second-order valence-corrected chi connectivity index (χ2v) is 4.26. The lowest BCUT2D eigenvalue weighted by Crippen LogP contribution is -2.35. The molecule has 0 atom stereocenters. The number of rotatable bonds is 6. The van der Waals surface area contributed by atoms with E-state index in [-0.39, 0.29) is 6.54 Å². The summed E-state index contributed by atoms with van der Waals surface area (Å²) in [5.41, 5.74) is 6.06. The Morgan fingerprint density at radius 1 is 1.30 bits per heavy atom. The number of carbonyl (C=O) groups excluding carboxylic acids is 3. The van der Waals surface area contributed by atoms with Crippen molar-refractivity contribution in [1.82, 2.24) is 5.32 Å². The Kier molecular flexibility index (Phi) is 5.52. The van der Waals surface area contributed by atoms with E-state index in [0.717, 1.165) is 5.69 Å². The first kappa shape index (κ1) is 15.5. The third kappa shape index (κ3) is 4.97. The van der Waals surface area contributed by atoms with Crippen molar-refractivity contribution in [3.63, 3.8) is 0 Å². The predicted molar refractivity (Wildman–Crippen MR) is 73.3 cm³/mol. The molecule has 0 saturated carbocycles. The zero-order chi connectivity index (χ0) is 15.1. The summed E-state index contributed by atoms with van der Waals surface area (Å²) in [5, 5.41) is 2.22. The van der Waals surface area contributed by atoms with Crippen LogP contribution in [-0.2, 0) is 14.3 Å². The van der Waals surface area contributed by atoms with Crippen LogP contribution in [0.4, 0.5) is 5.69 Å². The molecule has 0 spiro atoms. The number of benzene rings is 1. The third-order valence-electron chi connectivity index (χ3n) is 2.39. The number of nitrogens with one attached hydrogen (secondary N) is 1. The molecule has 1 rings (SSSR count). The summed E-state index contributed by atoms with van der Waals surface area (Å²) in [6, 6.07) is 6.82. The molecular weight excluding hydrogens is 262 g/mol. The summed E-state index contributed by atoms with van der Waals surface area (Å²) < 4.78 is 4.84. The van der Waals surface area contributed by atoms with E-state index in [2.05, 4.69) is 5.32 Å². The minimum absolute atomic E-state index is 0.285. The highest BCUT2D eigenvalue weighted by atomic mass is 16.5. The van der Waals surface area contributed by atoms with Crippen molar-refractivity contribution in [2.75, 3.05) is 32.1 Å². The number of anilines is 1. The zero-order valence-corrected chi connectivity index (χ0v) is 11.4. The summed E-state index contributed by atoms with van der Waals surface area (Å²) in [6.45, 7) is -0.745. The molecule has 7 nitrogen and oxygen atoms in total. The van der Waals surface area contributed by atoms with Gasteiger partial charge in [-0.25, -0.2) is 4.79 Å². The van der Waals surface area contributed by atoms with Gasteiger partial charge in [0.1, 0.15) is 0 Å². The van der Waals surface area contributed by atoms with Crippen molar-refractivity contribution >= 4 is 23.5 Å². The van der Waals surface area contributed by atoms with Crippen LogP contribution in [0.25, 0.3) is 0 Å². The van der Waals surface area contributed by atoms with Gasteiger partial charge in [-0.3, -0.25) is 9.59 Å². The van der Waals surface area contributed by atoms with Crippen LogP contribution in [0.15, 0.2) is 24.3 Å². The maximum Gasteiger partial charge on any atom is 0.338 e. The molecule has 0 heterocycles. The molecule has 0 fully saturated rings. The van der Waals surface area contributed by atoms with Crippen molar-refractivity contribution in [1.29, 1.82) is 0 Å². The fourth-order valence-corrected chi connectivity index (χ4v) is 1.36.